The van der Waals surface area contributed by atoms with E-state index in [9.17, 15) is 0 Å². The van der Waals surface area contributed by atoms with E-state index in [0.29, 0.717) is 5.22 Å². The number of halogens is 1. The molecule has 3 nitrogen and oxygen atoms in total. The second-order valence-electron chi connectivity index (χ2n) is 4.99. The van der Waals surface area contributed by atoms with Crippen LogP contribution < -0.4 is 5.32 Å². The molecule has 1 aromatic rings. The second-order valence-corrected chi connectivity index (χ2v) is 5.36. The second kappa shape index (κ2) is 3.76. The highest BCUT2D eigenvalue weighted by Gasteiger charge is 2.41. The minimum Gasteiger partial charge on any atom is -0.449 e. The molecule has 16 heavy (non-hydrogen) atoms. The molecule has 88 valence electrons. The van der Waals surface area contributed by atoms with Crippen LogP contribution in [-0.4, -0.2) is 31.6 Å². The average Bonchev–Trinajstić information content (AvgIpc) is 2.60. The van der Waals surface area contributed by atoms with Gasteiger partial charge in [0.25, 0.3) is 0 Å². The summed E-state index contributed by atoms with van der Waals surface area (Å²) in [6.07, 6.45) is 3.36. The largest absolute Gasteiger partial charge is 0.449 e. The number of hydrogen-bond acceptors (Lipinski definition) is 3. The Balaban J connectivity index is 2.02. The Morgan fingerprint density at radius 2 is 2.44 bits per heavy atom. The van der Waals surface area contributed by atoms with Crippen LogP contribution in [0.4, 0.5) is 0 Å². The van der Waals surface area contributed by atoms with Gasteiger partial charge in [-0.2, -0.15) is 0 Å². The quantitative estimate of drug-likeness (QED) is 0.752. The molecule has 4 heteroatoms. The van der Waals surface area contributed by atoms with Crippen molar-refractivity contribution in [1.82, 2.24) is 10.2 Å². The number of rotatable bonds is 0. The third-order valence-corrected chi connectivity index (χ3v) is 3.98. The fourth-order valence-corrected chi connectivity index (χ4v) is 3.33. The zero-order valence-corrected chi connectivity index (χ0v) is 10.3. The highest BCUT2D eigenvalue weighted by molar-refractivity contribution is 6.29. The van der Waals surface area contributed by atoms with Crippen molar-refractivity contribution in [3.63, 3.8) is 0 Å². The van der Waals surface area contributed by atoms with Gasteiger partial charge < -0.3 is 14.6 Å². The molecule has 0 aromatic carbocycles. The van der Waals surface area contributed by atoms with Crippen molar-refractivity contribution in [1.29, 1.82) is 0 Å². The number of likely N-dealkylation sites (tertiary alicyclic amines) is 1. The van der Waals surface area contributed by atoms with Crippen LogP contribution in [0.3, 0.4) is 0 Å². The molecule has 1 spiro atoms. The lowest BCUT2D eigenvalue weighted by Crippen LogP contribution is -2.56. The summed E-state index contributed by atoms with van der Waals surface area (Å²) in [4.78, 5) is 2.38. The zero-order valence-electron chi connectivity index (χ0n) is 9.55. The average molecular weight is 241 g/mol. The molecule has 1 fully saturated rings. The van der Waals surface area contributed by atoms with Crippen molar-refractivity contribution in [3.8, 4) is 0 Å². The van der Waals surface area contributed by atoms with Gasteiger partial charge in [0.2, 0.25) is 0 Å². The van der Waals surface area contributed by atoms with Gasteiger partial charge in [-0.3, -0.25) is 0 Å². The van der Waals surface area contributed by atoms with E-state index in [-0.39, 0.29) is 5.54 Å². The Labute approximate surface area is 101 Å². The first-order chi connectivity index (χ1) is 7.70. The smallest absolute Gasteiger partial charge is 0.193 e. The molecule has 1 atom stereocenters. The molecule has 1 aromatic heterocycles. The van der Waals surface area contributed by atoms with E-state index in [4.69, 9.17) is 16.0 Å². The van der Waals surface area contributed by atoms with Crippen molar-refractivity contribution in [2.45, 2.75) is 24.8 Å². The third kappa shape index (κ3) is 1.58. The van der Waals surface area contributed by atoms with E-state index in [1.54, 1.807) is 0 Å². The lowest BCUT2D eigenvalue weighted by Gasteiger charge is -2.44. The van der Waals surface area contributed by atoms with Crippen LogP contribution in [0.2, 0.25) is 5.22 Å². The standard InChI is InChI=1S/C12H17ClN2O/c1-15-6-2-4-12(8-15)9-7-11(13)16-10(9)3-5-14-12/h7,14H,2-6,8H2,1H3. The van der Waals surface area contributed by atoms with Crippen molar-refractivity contribution in [2.24, 2.45) is 0 Å². The lowest BCUT2D eigenvalue weighted by atomic mass is 9.80. The van der Waals surface area contributed by atoms with Gasteiger partial charge in [-0.25, -0.2) is 0 Å². The van der Waals surface area contributed by atoms with E-state index in [1.807, 2.05) is 6.07 Å². The van der Waals surface area contributed by atoms with Crippen molar-refractivity contribution >= 4 is 11.6 Å². The maximum atomic E-state index is 5.98. The summed E-state index contributed by atoms with van der Waals surface area (Å²) >= 11 is 5.98. The predicted molar refractivity (Wildman–Crippen MR) is 63.8 cm³/mol. The maximum absolute atomic E-state index is 5.98. The number of nitrogens with zero attached hydrogens (tertiary/aromatic N) is 1. The third-order valence-electron chi connectivity index (χ3n) is 3.79. The molecule has 2 aliphatic heterocycles. The van der Waals surface area contributed by atoms with Gasteiger partial charge in [0.15, 0.2) is 5.22 Å². The Morgan fingerprint density at radius 1 is 1.56 bits per heavy atom. The normalized spacial score (nSPS) is 30.6. The number of nitrogens with one attached hydrogen (secondary N) is 1. The van der Waals surface area contributed by atoms with Crippen LogP contribution in [0, 0.1) is 0 Å². The SMILES string of the molecule is CN1CCCC2(C1)NCCc1oc(Cl)cc12. The number of piperidine rings is 1. The van der Waals surface area contributed by atoms with Crippen LogP contribution in [0.25, 0.3) is 0 Å². The summed E-state index contributed by atoms with van der Waals surface area (Å²) in [5, 5.41) is 4.20. The summed E-state index contributed by atoms with van der Waals surface area (Å²) in [6.45, 7) is 3.23. The molecule has 1 saturated heterocycles. The Bertz CT molecular complexity index is 404. The van der Waals surface area contributed by atoms with Crippen molar-refractivity contribution in [2.75, 3.05) is 26.7 Å². The summed E-state index contributed by atoms with van der Waals surface area (Å²) in [5.74, 6) is 1.08. The molecule has 0 aliphatic carbocycles. The minimum absolute atomic E-state index is 0.0806. The van der Waals surface area contributed by atoms with Gasteiger partial charge >= 0.3 is 0 Å². The summed E-state index contributed by atoms with van der Waals surface area (Å²) in [7, 11) is 2.18. The highest BCUT2D eigenvalue weighted by atomic mass is 35.5. The Hall–Kier alpha value is -0.510. The van der Waals surface area contributed by atoms with Crippen LogP contribution in [0.1, 0.15) is 24.2 Å². The fourth-order valence-electron chi connectivity index (χ4n) is 3.13. The van der Waals surface area contributed by atoms with Gasteiger partial charge in [-0.15, -0.1) is 0 Å². The molecular formula is C12H17ClN2O. The first-order valence-electron chi connectivity index (χ1n) is 5.92. The first-order valence-corrected chi connectivity index (χ1v) is 6.30. The predicted octanol–water partition coefficient (Wildman–Crippen LogP) is 2.00. The monoisotopic (exact) mass is 240 g/mol. The van der Waals surface area contributed by atoms with E-state index >= 15 is 0 Å². The van der Waals surface area contributed by atoms with Gasteiger partial charge in [0, 0.05) is 31.1 Å². The molecule has 0 radical (unpaired) electrons. The highest BCUT2D eigenvalue weighted by Crippen LogP contribution is 2.38. The van der Waals surface area contributed by atoms with Crippen LogP contribution in [-0.2, 0) is 12.0 Å². The Kier molecular flexibility index (Phi) is 2.50. The van der Waals surface area contributed by atoms with Gasteiger partial charge in [0.05, 0.1) is 5.54 Å². The topological polar surface area (TPSA) is 28.4 Å². The number of likely N-dealkylation sites (N-methyl/N-ethyl adjacent to an activating group) is 1. The zero-order chi connectivity index (χ0) is 11.2. The maximum Gasteiger partial charge on any atom is 0.193 e. The van der Waals surface area contributed by atoms with E-state index in [1.165, 1.54) is 24.9 Å². The lowest BCUT2D eigenvalue weighted by molar-refractivity contribution is 0.135. The summed E-state index contributed by atoms with van der Waals surface area (Å²) in [5.41, 5.74) is 1.37. The van der Waals surface area contributed by atoms with Gasteiger partial charge in [0.1, 0.15) is 5.76 Å². The Morgan fingerprint density at radius 3 is 3.25 bits per heavy atom. The van der Waals surface area contributed by atoms with E-state index in [0.717, 1.165) is 25.3 Å². The fraction of sp³-hybridized carbons (Fsp3) is 0.667. The number of fused-ring (bicyclic) bond motifs is 2. The number of furan rings is 1. The summed E-state index contributed by atoms with van der Waals surface area (Å²) in [6, 6.07) is 2.00. The van der Waals surface area contributed by atoms with Gasteiger partial charge in [-0.05, 0) is 38.0 Å². The molecule has 3 rings (SSSR count). The molecule has 1 N–H and O–H groups in total. The van der Waals surface area contributed by atoms with Gasteiger partial charge in [-0.1, -0.05) is 0 Å². The molecular weight excluding hydrogens is 224 g/mol. The summed E-state index contributed by atoms with van der Waals surface area (Å²) < 4.78 is 5.58. The van der Waals surface area contributed by atoms with Crippen molar-refractivity contribution < 1.29 is 4.42 Å². The molecule has 0 amide bonds. The van der Waals surface area contributed by atoms with E-state index < -0.39 is 0 Å². The van der Waals surface area contributed by atoms with Crippen LogP contribution in [0.15, 0.2) is 10.5 Å². The van der Waals surface area contributed by atoms with E-state index in [2.05, 4.69) is 17.3 Å². The van der Waals surface area contributed by atoms with Crippen LogP contribution >= 0.6 is 11.6 Å². The molecule has 2 aliphatic rings. The molecule has 0 saturated carbocycles. The molecule has 1 unspecified atom stereocenters. The minimum atomic E-state index is 0.0806. The molecule has 0 bridgehead atoms. The first kappa shape index (κ1) is 10.6. The van der Waals surface area contributed by atoms with Crippen molar-refractivity contribution in [3.05, 3.63) is 22.6 Å². The van der Waals surface area contributed by atoms with Crippen LogP contribution in [0.5, 0.6) is 0 Å². The number of hydrogen-bond donors (Lipinski definition) is 1. The molecule has 3 heterocycles.